The highest BCUT2D eigenvalue weighted by Crippen LogP contribution is 2.09. The van der Waals surface area contributed by atoms with Crippen LogP contribution in [-0.4, -0.2) is 49.3 Å². The highest BCUT2D eigenvalue weighted by Gasteiger charge is 2.10. The minimum absolute atomic E-state index is 0.00165. The van der Waals surface area contributed by atoms with E-state index >= 15 is 0 Å². The minimum Gasteiger partial charge on any atom is -0.346 e. The molecule has 0 saturated carbocycles. The smallest absolute Gasteiger partial charge is 0.245 e. The molecule has 20 heavy (non-hydrogen) atoms. The number of carbonyl (C=O) groups excluding carboxylic acids is 2. The van der Waals surface area contributed by atoms with Crippen molar-refractivity contribution >= 4 is 11.8 Å². The van der Waals surface area contributed by atoms with Crippen molar-refractivity contribution in [1.29, 1.82) is 0 Å². The average molecular weight is 282 g/mol. The molecular weight excluding hydrogens is 252 g/mol. The van der Waals surface area contributed by atoms with Crippen molar-refractivity contribution in [2.24, 2.45) is 11.8 Å². The van der Waals surface area contributed by atoms with Gasteiger partial charge in [-0.05, 0) is 30.8 Å². The van der Waals surface area contributed by atoms with Crippen LogP contribution >= 0.6 is 0 Å². The summed E-state index contributed by atoms with van der Waals surface area (Å²) in [5.41, 5.74) is 0. The predicted octanol–water partition coefficient (Wildman–Crippen LogP) is 2.55. The Kier molecular flexibility index (Phi) is 8.93. The Balaban J connectivity index is 4.02. The molecule has 0 saturated heterocycles. The summed E-state index contributed by atoms with van der Waals surface area (Å²) in [6.45, 7) is 7.05. The van der Waals surface area contributed by atoms with E-state index in [1.165, 1.54) is 0 Å². The molecule has 0 aromatic heterocycles. The second-order valence-electron chi connectivity index (χ2n) is 6.11. The second kappa shape index (κ2) is 9.56. The maximum Gasteiger partial charge on any atom is 0.245 e. The summed E-state index contributed by atoms with van der Waals surface area (Å²) in [4.78, 5) is 26.6. The SMILES string of the molecule is CC(C)CCC(=O)N(C)CCC(C)/C=C/C(=O)N(C)C. The van der Waals surface area contributed by atoms with Crippen LogP contribution in [0.1, 0.15) is 40.0 Å². The van der Waals surface area contributed by atoms with Gasteiger partial charge in [-0.15, -0.1) is 0 Å². The summed E-state index contributed by atoms with van der Waals surface area (Å²) < 4.78 is 0. The van der Waals surface area contributed by atoms with Crippen LogP contribution in [0.5, 0.6) is 0 Å². The summed E-state index contributed by atoms with van der Waals surface area (Å²) >= 11 is 0. The quantitative estimate of drug-likeness (QED) is 0.642. The van der Waals surface area contributed by atoms with Gasteiger partial charge in [-0.25, -0.2) is 0 Å². The number of hydrogen-bond acceptors (Lipinski definition) is 2. The lowest BCUT2D eigenvalue weighted by molar-refractivity contribution is -0.130. The first kappa shape index (κ1) is 18.7. The fourth-order valence-corrected chi connectivity index (χ4v) is 1.62. The lowest BCUT2D eigenvalue weighted by Gasteiger charge is -2.19. The van der Waals surface area contributed by atoms with Crippen LogP contribution in [0.2, 0.25) is 0 Å². The van der Waals surface area contributed by atoms with Gasteiger partial charge in [-0.1, -0.05) is 26.8 Å². The summed E-state index contributed by atoms with van der Waals surface area (Å²) in [6, 6.07) is 0. The zero-order chi connectivity index (χ0) is 15.7. The van der Waals surface area contributed by atoms with Gasteiger partial charge in [0.25, 0.3) is 0 Å². The van der Waals surface area contributed by atoms with Gasteiger partial charge in [0, 0.05) is 34.1 Å². The molecule has 0 spiro atoms. The van der Waals surface area contributed by atoms with E-state index in [0.717, 1.165) is 19.4 Å². The van der Waals surface area contributed by atoms with Gasteiger partial charge in [0.1, 0.15) is 0 Å². The van der Waals surface area contributed by atoms with Crippen molar-refractivity contribution in [2.75, 3.05) is 27.7 Å². The van der Waals surface area contributed by atoms with Crippen molar-refractivity contribution in [3.63, 3.8) is 0 Å². The van der Waals surface area contributed by atoms with Crippen LogP contribution in [0.4, 0.5) is 0 Å². The monoisotopic (exact) mass is 282 g/mol. The predicted molar refractivity (Wildman–Crippen MR) is 83.3 cm³/mol. The number of amides is 2. The number of likely N-dealkylation sites (N-methyl/N-ethyl adjacent to an activating group) is 1. The van der Waals surface area contributed by atoms with Gasteiger partial charge in [-0.2, -0.15) is 0 Å². The lowest BCUT2D eigenvalue weighted by Crippen LogP contribution is -2.28. The topological polar surface area (TPSA) is 40.6 Å². The van der Waals surface area contributed by atoms with E-state index < -0.39 is 0 Å². The van der Waals surface area contributed by atoms with Gasteiger partial charge < -0.3 is 9.80 Å². The molecule has 0 aromatic rings. The molecular formula is C16H30N2O2. The van der Waals surface area contributed by atoms with Crippen LogP contribution in [0.3, 0.4) is 0 Å². The van der Waals surface area contributed by atoms with E-state index in [4.69, 9.17) is 0 Å². The molecule has 1 atom stereocenters. The Hall–Kier alpha value is -1.32. The molecule has 0 aromatic carbocycles. The average Bonchev–Trinajstić information content (AvgIpc) is 2.38. The van der Waals surface area contributed by atoms with E-state index in [-0.39, 0.29) is 11.8 Å². The molecule has 0 fully saturated rings. The van der Waals surface area contributed by atoms with Gasteiger partial charge in [0.05, 0.1) is 0 Å². The number of carbonyl (C=O) groups is 2. The zero-order valence-corrected chi connectivity index (χ0v) is 13.8. The maximum absolute atomic E-state index is 11.9. The van der Waals surface area contributed by atoms with Gasteiger partial charge in [0.15, 0.2) is 0 Å². The van der Waals surface area contributed by atoms with Crippen molar-refractivity contribution in [3.05, 3.63) is 12.2 Å². The number of allylic oxidation sites excluding steroid dienone is 1. The Morgan fingerprint density at radius 3 is 2.15 bits per heavy atom. The molecule has 0 bridgehead atoms. The Morgan fingerprint density at radius 2 is 1.65 bits per heavy atom. The largest absolute Gasteiger partial charge is 0.346 e. The summed E-state index contributed by atoms with van der Waals surface area (Å²) in [5, 5.41) is 0. The Labute approximate surface area is 123 Å². The zero-order valence-electron chi connectivity index (χ0n) is 13.8. The van der Waals surface area contributed by atoms with Crippen LogP contribution in [0.15, 0.2) is 12.2 Å². The molecule has 0 aliphatic heterocycles. The Morgan fingerprint density at radius 1 is 1.05 bits per heavy atom. The first-order valence-electron chi connectivity index (χ1n) is 7.37. The third-order valence-electron chi connectivity index (χ3n) is 3.29. The fourth-order valence-electron chi connectivity index (χ4n) is 1.62. The third kappa shape index (κ3) is 8.73. The van der Waals surface area contributed by atoms with Crippen molar-refractivity contribution in [3.8, 4) is 0 Å². The van der Waals surface area contributed by atoms with E-state index in [0.29, 0.717) is 18.3 Å². The molecule has 0 rings (SSSR count). The fraction of sp³-hybridized carbons (Fsp3) is 0.750. The van der Waals surface area contributed by atoms with Crippen molar-refractivity contribution < 1.29 is 9.59 Å². The summed E-state index contributed by atoms with van der Waals surface area (Å²) in [5.74, 6) is 1.06. The minimum atomic E-state index is -0.00165. The molecule has 4 nitrogen and oxygen atoms in total. The maximum atomic E-state index is 11.9. The summed E-state index contributed by atoms with van der Waals surface area (Å²) in [7, 11) is 5.32. The molecule has 0 aliphatic rings. The molecule has 1 unspecified atom stereocenters. The van der Waals surface area contributed by atoms with E-state index in [2.05, 4.69) is 20.8 Å². The molecule has 4 heteroatoms. The molecule has 0 N–H and O–H groups in total. The van der Waals surface area contributed by atoms with E-state index in [1.54, 1.807) is 30.0 Å². The molecule has 0 radical (unpaired) electrons. The summed E-state index contributed by atoms with van der Waals surface area (Å²) in [6.07, 6.45) is 5.95. The van der Waals surface area contributed by atoms with Gasteiger partial charge >= 0.3 is 0 Å². The molecule has 2 amide bonds. The van der Waals surface area contributed by atoms with Crippen molar-refractivity contribution in [1.82, 2.24) is 9.80 Å². The van der Waals surface area contributed by atoms with Crippen LogP contribution in [0, 0.1) is 11.8 Å². The lowest BCUT2D eigenvalue weighted by atomic mass is 10.1. The van der Waals surface area contributed by atoms with Crippen LogP contribution < -0.4 is 0 Å². The molecule has 116 valence electrons. The second-order valence-corrected chi connectivity index (χ2v) is 6.11. The number of hydrogen-bond donors (Lipinski definition) is 0. The standard InChI is InChI=1S/C16H30N2O2/c1-13(2)7-9-16(20)18(6)12-11-14(3)8-10-15(19)17(4)5/h8,10,13-14H,7,9,11-12H2,1-6H3/b10-8+. The number of rotatable bonds is 8. The van der Waals surface area contributed by atoms with Gasteiger partial charge in [0.2, 0.25) is 11.8 Å². The van der Waals surface area contributed by atoms with Crippen LogP contribution in [0.25, 0.3) is 0 Å². The normalized spacial score (nSPS) is 12.8. The first-order valence-corrected chi connectivity index (χ1v) is 7.37. The van der Waals surface area contributed by atoms with Crippen LogP contribution in [-0.2, 0) is 9.59 Å². The van der Waals surface area contributed by atoms with Gasteiger partial charge in [-0.3, -0.25) is 9.59 Å². The molecule has 0 heterocycles. The first-order chi connectivity index (χ1) is 9.23. The van der Waals surface area contributed by atoms with E-state index in [9.17, 15) is 9.59 Å². The number of nitrogens with zero attached hydrogens (tertiary/aromatic N) is 2. The Bertz CT molecular complexity index is 335. The van der Waals surface area contributed by atoms with Crippen molar-refractivity contribution in [2.45, 2.75) is 40.0 Å². The molecule has 0 aliphatic carbocycles. The highest BCUT2D eigenvalue weighted by atomic mass is 16.2. The van der Waals surface area contributed by atoms with E-state index in [1.807, 2.05) is 13.1 Å². The third-order valence-corrected chi connectivity index (χ3v) is 3.29. The highest BCUT2D eigenvalue weighted by molar-refractivity contribution is 5.87.